The summed E-state index contributed by atoms with van der Waals surface area (Å²) in [7, 11) is 0. The average Bonchev–Trinajstić information content (AvgIpc) is 3.00. The Bertz CT molecular complexity index is 962. The summed E-state index contributed by atoms with van der Waals surface area (Å²) in [6, 6.07) is 10.8. The number of carboxylic acids is 1. The Labute approximate surface area is 150 Å². The minimum Gasteiger partial charge on any atom is -0.478 e. The first kappa shape index (κ1) is 17.6. The van der Waals surface area contributed by atoms with Gasteiger partial charge in [-0.2, -0.15) is 0 Å². The fraction of sp³-hybridized carbons (Fsp3) is 0.263. The highest BCUT2D eigenvalue weighted by Crippen LogP contribution is 2.21. The van der Waals surface area contributed by atoms with E-state index in [4.69, 9.17) is 5.11 Å². The van der Waals surface area contributed by atoms with Gasteiger partial charge in [-0.1, -0.05) is 12.1 Å². The van der Waals surface area contributed by atoms with Crippen LogP contribution in [-0.2, 0) is 6.42 Å². The summed E-state index contributed by atoms with van der Waals surface area (Å²) in [5.41, 5.74) is 2.12. The molecule has 0 aliphatic heterocycles. The van der Waals surface area contributed by atoms with E-state index in [1.165, 1.54) is 18.3 Å². The van der Waals surface area contributed by atoms with Gasteiger partial charge in [0.15, 0.2) is 0 Å². The van der Waals surface area contributed by atoms with Crippen molar-refractivity contribution >= 4 is 22.9 Å². The van der Waals surface area contributed by atoms with Crippen LogP contribution >= 0.6 is 0 Å². The molecule has 7 nitrogen and oxygen atoms in total. The van der Waals surface area contributed by atoms with Crippen molar-refractivity contribution in [2.75, 3.05) is 6.54 Å². The number of rotatable bonds is 6. The lowest BCUT2D eigenvalue weighted by atomic mass is 10.2. The van der Waals surface area contributed by atoms with Crippen LogP contribution in [0.4, 0.5) is 0 Å². The lowest BCUT2D eigenvalue weighted by Crippen LogP contribution is -2.27. The minimum atomic E-state index is -1.09. The molecule has 0 aliphatic carbocycles. The number of aromatic nitrogens is 3. The highest BCUT2D eigenvalue weighted by molar-refractivity contribution is 5.95. The number of nitrogens with zero attached hydrogens (tertiary/aromatic N) is 3. The molecule has 0 bridgehead atoms. The van der Waals surface area contributed by atoms with Gasteiger partial charge in [-0.25, -0.2) is 9.78 Å². The predicted molar refractivity (Wildman–Crippen MR) is 97.4 cm³/mol. The molecule has 0 saturated carbocycles. The number of carbonyl (C=O) groups is 2. The third kappa shape index (κ3) is 3.56. The van der Waals surface area contributed by atoms with E-state index in [0.717, 1.165) is 16.9 Å². The Morgan fingerprint density at radius 2 is 2.00 bits per heavy atom. The summed E-state index contributed by atoms with van der Waals surface area (Å²) in [5.74, 6) is -0.596. The van der Waals surface area contributed by atoms with E-state index in [2.05, 4.69) is 33.7 Å². The number of para-hydroxylation sites is 2. The topological polar surface area (TPSA) is 97.1 Å². The maximum atomic E-state index is 12.2. The van der Waals surface area contributed by atoms with Gasteiger partial charge >= 0.3 is 5.97 Å². The number of hydrogen-bond acceptors (Lipinski definition) is 4. The summed E-state index contributed by atoms with van der Waals surface area (Å²) in [4.78, 5) is 31.8. The van der Waals surface area contributed by atoms with Gasteiger partial charge in [-0.05, 0) is 38.1 Å². The number of fused-ring (bicyclic) bond motifs is 1. The molecule has 0 radical (unpaired) electrons. The Morgan fingerprint density at radius 3 is 2.73 bits per heavy atom. The molecule has 0 fully saturated rings. The first-order valence-electron chi connectivity index (χ1n) is 8.40. The third-order valence-corrected chi connectivity index (χ3v) is 4.06. The van der Waals surface area contributed by atoms with Crippen LogP contribution in [0.1, 0.15) is 46.6 Å². The van der Waals surface area contributed by atoms with Crippen molar-refractivity contribution < 1.29 is 14.7 Å². The number of nitrogens with one attached hydrogen (secondary N) is 1. The average molecular weight is 352 g/mol. The van der Waals surface area contributed by atoms with Crippen LogP contribution in [0.2, 0.25) is 0 Å². The molecule has 3 rings (SSSR count). The molecule has 26 heavy (non-hydrogen) atoms. The molecule has 1 aromatic carbocycles. The number of hydrogen-bond donors (Lipinski definition) is 2. The molecule has 0 unspecified atom stereocenters. The van der Waals surface area contributed by atoms with Crippen LogP contribution in [0.3, 0.4) is 0 Å². The van der Waals surface area contributed by atoms with Crippen molar-refractivity contribution in [1.82, 2.24) is 19.9 Å². The summed E-state index contributed by atoms with van der Waals surface area (Å²) in [5, 5.41) is 11.8. The van der Waals surface area contributed by atoms with Crippen molar-refractivity contribution in [2.45, 2.75) is 26.3 Å². The van der Waals surface area contributed by atoms with E-state index in [-0.39, 0.29) is 17.3 Å². The van der Waals surface area contributed by atoms with E-state index in [9.17, 15) is 9.59 Å². The first-order valence-corrected chi connectivity index (χ1v) is 8.40. The second-order valence-electron chi connectivity index (χ2n) is 6.22. The van der Waals surface area contributed by atoms with Gasteiger partial charge in [-0.3, -0.25) is 9.78 Å². The number of pyridine rings is 1. The van der Waals surface area contributed by atoms with Gasteiger partial charge < -0.3 is 15.0 Å². The largest absolute Gasteiger partial charge is 0.478 e. The van der Waals surface area contributed by atoms with Gasteiger partial charge in [-0.15, -0.1) is 0 Å². The molecule has 0 spiro atoms. The molecular weight excluding hydrogens is 332 g/mol. The van der Waals surface area contributed by atoms with Gasteiger partial charge in [0.2, 0.25) is 0 Å². The zero-order chi connectivity index (χ0) is 18.7. The minimum absolute atomic E-state index is 0.0340. The standard InChI is InChI=1S/C19H20N4O3/c1-12(2)23-16-6-4-3-5-14(16)22-17(23)8-10-21-18(24)15-11-13(19(25)26)7-9-20-15/h3-7,9,11-12H,8,10H2,1-2H3,(H,21,24)(H,25,26). The van der Waals surface area contributed by atoms with E-state index >= 15 is 0 Å². The second kappa shape index (κ2) is 7.35. The molecule has 2 N–H and O–H groups in total. The lowest BCUT2D eigenvalue weighted by molar-refractivity contribution is 0.0696. The van der Waals surface area contributed by atoms with E-state index < -0.39 is 11.9 Å². The summed E-state index contributed by atoms with van der Waals surface area (Å²) < 4.78 is 2.16. The molecule has 2 aromatic heterocycles. The first-order chi connectivity index (χ1) is 12.5. The van der Waals surface area contributed by atoms with Crippen LogP contribution < -0.4 is 5.32 Å². The van der Waals surface area contributed by atoms with E-state index in [1.807, 2.05) is 24.3 Å². The molecule has 0 saturated heterocycles. The predicted octanol–water partition coefficient (Wildman–Crippen LogP) is 2.68. The molecular formula is C19H20N4O3. The number of aromatic carboxylic acids is 1. The second-order valence-corrected chi connectivity index (χ2v) is 6.22. The molecule has 3 aromatic rings. The number of imidazole rings is 1. The van der Waals surface area contributed by atoms with E-state index in [1.54, 1.807) is 0 Å². The SMILES string of the molecule is CC(C)n1c(CCNC(=O)c2cc(C(=O)O)ccn2)nc2ccccc21. The van der Waals surface area contributed by atoms with Crippen molar-refractivity contribution in [3.63, 3.8) is 0 Å². The van der Waals surface area contributed by atoms with Crippen molar-refractivity contribution in [3.8, 4) is 0 Å². The quantitative estimate of drug-likeness (QED) is 0.711. The number of benzene rings is 1. The molecule has 2 heterocycles. The zero-order valence-electron chi connectivity index (χ0n) is 14.6. The Kier molecular flexibility index (Phi) is 4.97. The number of carboxylic acid groups (broad SMARTS) is 1. The number of carbonyl (C=O) groups excluding carboxylic acids is 1. The van der Waals surface area contributed by atoms with Crippen LogP contribution in [0.5, 0.6) is 0 Å². The molecule has 1 amide bonds. The Morgan fingerprint density at radius 1 is 1.23 bits per heavy atom. The van der Waals surface area contributed by atoms with Gasteiger partial charge in [0, 0.05) is 25.2 Å². The maximum Gasteiger partial charge on any atom is 0.335 e. The van der Waals surface area contributed by atoms with Crippen molar-refractivity contribution in [3.05, 3.63) is 59.7 Å². The van der Waals surface area contributed by atoms with Crippen LogP contribution in [0.25, 0.3) is 11.0 Å². The molecule has 0 aliphatic rings. The van der Waals surface area contributed by atoms with Crippen LogP contribution in [0, 0.1) is 0 Å². The Balaban J connectivity index is 1.71. The summed E-state index contributed by atoms with van der Waals surface area (Å²) in [6.45, 7) is 4.57. The highest BCUT2D eigenvalue weighted by atomic mass is 16.4. The Hall–Kier alpha value is -3.22. The molecule has 134 valence electrons. The summed E-state index contributed by atoms with van der Waals surface area (Å²) in [6.07, 6.45) is 1.88. The van der Waals surface area contributed by atoms with E-state index in [0.29, 0.717) is 13.0 Å². The smallest absolute Gasteiger partial charge is 0.335 e. The normalized spacial score (nSPS) is 11.0. The van der Waals surface area contributed by atoms with Crippen LogP contribution in [-0.4, -0.2) is 38.1 Å². The summed E-state index contributed by atoms with van der Waals surface area (Å²) >= 11 is 0. The van der Waals surface area contributed by atoms with Gasteiger partial charge in [0.05, 0.1) is 16.6 Å². The fourth-order valence-electron chi connectivity index (χ4n) is 2.91. The van der Waals surface area contributed by atoms with Gasteiger partial charge in [0.1, 0.15) is 11.5 Å². The van der Waals surface area contributed by atoms with Crippen molar-refractivity contribution in [1.29, 1.82) is 0 Å². The number of amides is 1. The maximum absolute atomic E-state index is 12.2. The van der Waals surface area contributed by atoms with Gasteiger partial charge in [0.25, 0.3) is 5.91 Å². The monoisotopic (exact) mass is 352 g/mol. The van der Waals surface area contributed by atoms with Crippen LogP contribution in [0.15, 0.2) is 42.6 Å². The molecule has 0 atom stereocenters. The van der Waals surface area contributed by atoms with Crippen molar-refractivity contribution in [2.24, 2.45) is 0 Å². The third-order valence-electron chi connectivity index (χ3n) is 4.06. The highest BCUT2D eigenvalue weighted by Gasteiger charge is 2.14. The fourth-order valence-corrected chi connectivity index (χ4v) is 2.91. The zero-order valence-corrected chi connectivity index (χ0v) is 14.6. The molecule has 7 heteroatoms. The lowest BCUT2D eigenvalue weighted by Gasteiger charge is -2.13.